The molecule has 0 spiro atoms. The Morgan fingerprint density at radius 2 is 1.82 bits per heavy atom. The van der Waals surface area contributed by atoms with Gasteiger partial charge in [-0.1, -0.05) is 12.8 Å². The van der Waals surface area contributed by atoms with Gasteiger partial charge in [-0.25, -0.2) is 0 Å². The van der Waals surface area contributed by atoms with Gasteiger partial charge in [0.05, 0.1) is 5.92 Å². The Labute approximate surface area is 131 Å². The van der Waals surface area contributed by atoms with Crippen molar-refractivity contribution >= 4 is 11.8 Å². The second-order valence-corrected chi connectivity index (χ2v) is 6.27. The summed E-state index contributed by atoms with van der Waals surface area (Å²) >= 11 is 0. The Bertz CT molecular complexity index is 506. The van der Waals surface area contributed by atoms with Crippen molar-refractivity contribution < 1.29 is 9.59 Å². The third-order valence-corrected chi connectivity index (χ3v) is 4.66. The van der Waals surface area contributed by atoms with Crippen LogP contribution in [0.15, 0.2) is 18.5 Å². The van der Waals surface area contributed by atoms with E-state index in [1.807, 2.05) is 15.9 Å². The molecule has 0 unspecified atom stereocenters. The zero-order valence-electron chi connectivity index (χ0n) is 13.0. The first kappa shape index (κ1) is 15.1. The molecule has 2 aliphatic rings. The number of carbonyl (C=O) groups excluding carboxylic acids is 2. The number of amides is 2. The molecule has 1 aromatic heterocycles. The number of hydrogen-bond donors (Lipinski definition) is 0. The molecule has 3 heterocycles. The van der Waals surface area contributed by atoms with Gasteiger partial charge in [0.1, 0.15) is 6.54 Å². The van der Waals surface area contributed by atoms with E-state index in [4.69, 9.17) is 0 Å². The number of carbonyl (C=O) groups is 2. The van der Waals surface area contributed by atoms with Gasteiger partial charge in [0.25, 0.3) is 0 Å². The van der Waals surface area contributed by atoms with E-state index in [0.29, 0.717) is 13.1 Å². The lowest BCUT2D eigenvalue weighted by Crippen LogP contribution is -2.39. The smallest absolute Gasteiger partial charge is 0.244 e. The van der Waals surface area contributed by atoms with Crippen molar-refractivity contribution in [2.45, 2.75) is 38.6 Å². The van der Waals surface area contributed by atoms with Crippen LogP contribution >= 0.6 is 0 Å². The average molecular weight is 304 g/mol. The van der Waals surface area contributed by atoms with Crippen molar-refractivity contribution in [3.05, 3.63) is 18.5 Å². The van der Waals surface area contributed by atoms with Gasteiger partial charge in [0, 0.05) is 38.6 Å². The Morgan fingerprint density at radius 1 is 1.05 bits per heavy atom. The van der Waals surface area contributed by atoms with Crippen LogP contribution in [0.5, 0.6) is 0 Å². The van der Waals surface area contributed by atoms with E-state index >= 15 is 0 Å². The minimum atomic E-state index is -0.0142. The van der Waals surface area contributed by atoms with Crippen LogP contribution in [-0.2, 0) is 16.1 Å². The third kappa shape index (κ3) is 3.48. The first-order chi connectivity index (χ1) is 10.7. The van der Waals surface area contributed by atoms with Crippen LogP contribution in [0.25, 0.3) is 0 Å². The van der Waals surface area contributed by atoms with E-state index in [-0.39, 0.29) is 24.3 Å². The molecule has 6 heteroatoms. The van der Waals surface area contributed by atoms with Crippen LogP contribution < -0.4 is 0 Å². The quantitative estimate of drug-likeness (QED) is 0.841. The van der Waals surface area contributed by atoms with E-state index < -0.39 is 0 Å². The molecule has 0 aliphatic carbocycles. The molecule has 3 rings (SSSR count). The Balaban J connectivity index is 1.52. The first-order valence-electron chi connectivity index (χ1n) is 8.28. The van der Waals surface area contributed by atoms with E-state index in [2.05, 4.69) is 5.10 Å². The van der Waals surface area contributed by atoms with Gasteiger partial charge in [-0.3, -0.25) is 14.3 Å². The topological polar surface area (TPSA) is 58.4 Å². The lowest BCUT2D eigenvalue weighted by atomic mass is 10.1. The van der Waals surface area contributed by atoms with Crippen LogP contribution in [0, 0.1) is 5.92 Å². The van der Waals surface area contributed by atoms with Crippen LogP contribution in [0.2, 0.25) is 0 Å². The van der Waals surface area contributed by atoms with E-state index in [1.54, 1.807) is 17.1 Å². The predicted octanol–water partition coefficient (Wildman–Crippen LogP) is 1.13. The molecule has 0 bridgehead atoms. The molecule has 0 N–H and O–H groups in total. The van der Waals surface area contributed by atoms with Gasteiger partial charge in [-0.15, -0.1) is 0 Å². The Kier molecular flexibility index (Phi) is 4.75. The van der Waals surface area contributed by atoms with E-state index in [0.717, 1.165) is 32.4 Å². The molecule has 0 aromatic carbocycles. The maximum Gasteiger partial charge on any atom is 0.244 e. The number of aromatic nitrogens is 2. The van der Waals surface area contributed by atoms with Crippen LogP contribution in [0.4, 0.5) is 0 Å². The molecule has 0 saturated carbocycles. The fourth-order valence-corrected chi connectivity index (χ4v) is 3.37. The van der Waals surface area contributed by atoms with Crippen molar-refractivity contribution in [1.29, 1.82) is 0 Å². The van der Waals surface area contributed by atoms with Crippen LogP contribution in [0.3, 0.4) is 0 Å². The fraction of sp³-hybridized carbons (Fsp3) is 0.688. The average Bonchev–Trinajstić information content (AvgIpc) is 3.13. The molecule has 2 fully saturated rings. The van der Waals surface area contributed by atoms with Crippen molar-refractivity contribution in [3.8, 4) is 0 Å². The molecule has 2 saturated heterocycles. The highest BCUT2D eigenvalue weighted by Crippen LogP contribution is 2.21. The van der Waals surface area contributed by atoms with Gasteiger partial charge in [-0.05, 0) is 25.3 Å². The van der Waals surface area contributed by atoms with Gasteiger partial charge < -0.3 is 9.80 Å². The Morgan fingerprint density at radius 3 is 2.50 bits per heavy atom. The molecule has 2 amide bonds. The number of rotatable bonds is 3. The molecule has 0 radical (unpaired) electrons. The molecule has 120 valence electrons. The lowest BCUT2D eigenvalue weighted by molar-refractivity contribution is -0.135. The summed E-state index contributed by atoms with van der Waals surface area (Å²) in [5.74, 6) is 0.283. The summed E-state index contributed by atoms with van der Waals surface area (Å²) in [6.07, 6.45) is 8.92. The standard InChI is InChI=1S/C16H24N4O2/c21-15(13-20-10-5-7-17-20)19-11-6-14(12-19)16(22)18-8-3-1-2-4-9-18/h5,7,10,14H,1-4,6,8-9,11-13H2/t14-/m0/s1. The summed E-state index contributed by atoms with van der Waals surface area (Å²) in [5, 5.41) is 4.06. The second-order valence-electron chi connectivity index (χ2n) is 6.27. The SMILES string of the molecule is O=C(Cn1cccn1)N1CC[C@H](C(=O)N2CCCCCC2)C1. The van der Waals surface area contributed by atoms with Gasteiger partial charge in [0.2, 0.25) is 11.8 Å². The summed E-state index contributed by atoms with van der Waals surface area (Å²) in [6.45, 7) is 3.28. The minimum Gasteiger partial charge on any atom is -0.342 e. The largest absolute Gasteiger partial charge is 0.342 e. The summed E-state index contributed by atoms with van der Waals surface area (Å²) < 4.78 is 1.63. The lowest BCUT2D eigenvalue weighted by Gasteiger charge is -2.24. The zero-order chi connectivity index (χ0) is 15.4. The normalized spacial score (nSPS) is 22.6. The van der Waals surface area contributed by atoms with E-state index in [9.17, 15) is 9.59 Å². The molecule has 1 atom stereocenters. The highest BCUT2D eigenvalue weighted by atomic mass is 16.2. The second kappa shape index (κ2) is 6.94. The summed E-state index contributed by atoms with van der Waals surface area (Å²) in [5.41, 5.74) is 0. The van der Waals surface area contributed by atoms with Crippen molar-refractivity contribution in [2.24, 2.45) is 5.92 Å². The monoisotopic (exact) mass is 304 g/mol. The fourth-order valence-electron chi connectivity index (χ4n) is 3.37. The molecular formula is C16H24N4O2. The minimum absolute atomic E-state index is 0.0142. The predicted molar refractivity (Wildman–Crippen MR) is 82.0 cm³/mol. The zero-order valence-corrected chi connectivity index (χ0v) is 13.0. The highest BCUT2D eigenvalue weighted by molar-refractivity contribution is 5.82. The number of nitrogens with zero attached hydrogens (tertiary/aromatic N) is 4. The van der Waals surface area contributed by atoms with Crippen molar-refractivity contribution in [1.82, 2.24) is 19.6 Å². The molecule has 22 heavy (non-hydrogen) atoms. The van der Waals surface area contributed by atoms with Crippen LogP contribution in [-0.4, -0.2) is 57.6 Å². The van der Waals surface area contributed by atoms with Gasteiger partial charge in [-0.2, -0.15) is 5.10 Å². The summed E-state index contributed by atoms with van der Waals surface area (Å²) in [4.78, 5) is 28.7. The van der Waals surface area contributed by atoms with E-state index in [1.165, 1.54) is 12.8 Å². The highest BCUT2D eigenvalue weighted by Gasteiger charge is 2.33. The van der Waals surface area contributed by atoms with Gasteiger partial charge in [0.15, 0.2) is 0 Å². The maximum atomic E-state index is 12.6. The van der Waals surface area contributed by atoms with Crippen molar-refractivity contribution in [2.75, 3.05) is 26.2 Å². The maximum absolute atomic E-state index is 12.6. The molecule has 6 nitrogen and oxygen atoms in total. The molecule has 2 aliphatic heterocycles. The Hall–Kier alpha value is -1.85. The third-order valence-electron chi connectivity index (χ3n) is 4.66. The summed E-state index contributed by atoms with van der Waals surface area (Å²) in [7, 11) is 0. The molecular weight excluding hydrogens is 280 g/mol. The number of hydrogen-bond acceptors (Lipinski definition) is 3. The number of likely N-dealkylation sites (tertiary alicyclic amines) is 2. The van der Waals surface area contributed by atoms with Crippen molar-refractivity contribution in [3.63, 3.8) is 0 Å². The van der Waals surface area contributed by atoms with Gasteiger partial charge >= 0.3 is 0 Å². The molecule has 1 aromatic rings. The first-order valence-corrected chi connectivity index (χ1v) is 8.28. The van der Waals surface area contributed by atoms with Crippen LogP contribution in [0.1, 0.15) is 32.1 Å². The summed E-state index contributed by atoms with van der Waals surface area (Å²) in [6, 6.07) is 1.81.